The predicted octanol–water partition coefficient (Wildman–Crippen LogP) is 5.91. The molecule has 0 amide bonds. The van der Waals surface area contributed by atoms with Crippen molar-refractivity contribution in [2.45, 2.75) is 18.8 Å². The van der Waals surface area contributed by atoms with Crippen molar-refractivity contribution in [1.29, 1.82) is 0 Å². The molecule has 1 nitrogen and oxygen atoms in total. The van der Waals surface area contributed by atoms with Crippen LogP contribution < -0.4 is 5.32 Å². The average molecular weight is 315 g/mol. The minimum atomic E-state index is -0.0505. The molecule has 4 heteroatoms. The molecular weight excluding hydrogens is 301 g/mol. The molecule has 0 fully saturated rings. The zero-order chi connectivity index (χ0) is 13.8. The molecule has 1 N–H and O–H groups in total. The summed E-state index contributed by atoms with van der Waals surface area (Å²) in [5.74, 6) is 0. The van der Waals surface area contributed by atoms with Gasteiger partial charge >= 0.3 is 0 Å². The molecule has 1 atom stereocenters. The zero-order valence-electron chi connectivity index (χ0n) is 10.5. The van der Waals surface area contributed by atoms with Crippen LogP contribution in [0.25, 0.3) is 0 Å². The van der Waals surface area contributed by atoms with E-state index in [0.717, 1.165) is 16.8 Å². The van der Waals surface area contributed by atoms with Gasteiger partial charge in [-0.05, 0) is 30.7 Å². The Bertz CT molecular complexity index is 547. The lowest BCUT2D eigenvalue weighted by molar-refractivity contribution is 1.06. The monoisotopic (exact) mass is 313 g/mol. The second kappa shape index (κ2) is 6.51. The normalized spacial score (nSPS) is 12.2. The van der Waals surface area contributed by atoms with Gasteiger partial charge in [-0.2, -0.15) is 0 Å². The summed E-state index contributed by atoms with van der Waals surface area (Å²) < 4.78 is 0. The topological polar surface area (TPSA) is 12.0 Å². The summed E-state index contributed by atoms with van der Waals surface area (Å²) in [5.41, 5.74) is 2.95. The van der Waals surface area contributed by atoms with E-state index in [9.17, 15) is 0 Å². The average Bonchev–Trinajstić information content (AvgIpc) is 2.38. The van der Waals surface area contributed by atoms with Gasteiger partial charge in [0.05, 0.1) is 5.38 Å². The lowest BCUT2D eigenvalue weighted by atomic mass is 10.1. The van der Waals surface area contributed by atoms with E-state index in [1.165, 1.54) is 0 Å². The van der Waals surface area contributed by atoms with Crippen molar-refractivity contribution in [1.82, 2.24) is 0 Å². The zero-order valence-corrected chi connectivity index (χ0v) is 12.7. The molecule has 0 bridgehead atoms. The van der Waals surface area contributed by atoms with Crippen molar-refractivity contribution in [3.05, 3.63) is 63.6 Å². The first-order valence-corrected chi connectivity index (χ1v) is 7.18. The maximum absolute atomic E-state index is 6.16. The van der Waals surface area contributed by atoms with Gasteiger partial charge in [0.1, 0.15) is 0 Å². The summed E-state index contributed by atoms with van der Waals surface area (Å²) in [6, 6.07) is 13.5. The lowest BCUT2D eigenvalue weighted by Gasteiger charge is -2.14. The Balaban J connectivity index is 2.19. The number of hydrogen-bond donors (Lipinski definition) is 1. The van der Waals surface area contributed by atoms with Crippen LogP contribution in [-0.4, -0.2) is 0 Å². The summed E-state index contributed by atoms with van der Waals surface area (Å²) in [7, 11) is 0. The molecule has 2 aromatic rings. The van der Waals surface area contributed by atoms with Crippen LogP contribution in [0.5, 0.6) is 0 Å². The standard InChI is InChI=1S/C15H14Cl3N/c1-10(16)11-5-2-3-8-15(11)19-9-12-13(17)6-4-7-14(12)18/h2-8,10,19H,9H2,1H3. The Labute approximate surface area is 128 Å². The van der Waals surface area contributed by atoms with Crippen molar-refractivity contribution in [2.24, 2.45) is 0 Å². The van der Waals surface area contributed by atoms with Crippen molar-refractivity contribution in [3.8, 4) is 0 Å². The van der Waals surface area contributed by atoms with Gasteiger partial charge in [-0.15, -0.1) is 11.6 Å². The molecule has 0 heterocycles. The van der Waals surface area contributed by atoms with Crippen molar-refractivity contribution >= 4 is 40.5 Å². The summed E-state index contributed by atoms with van der Waals surface area (Å²) in [6.45, 7) is 2.52. The van der Waals surface area contributed by atoms with Crippen LogP contribution in [-0.2, 0) is 6.54 Å². The van der Waals surface area contributed by atoms with Gasteiger partial charge in [-0.3, -0.25) is 0 Å². The van der Waals surface area contributed by atoms with Gasteiger partial charge in [0.2, 0.25) is 0 Å². The van der Waals surface area contributed by atoms with Gasteiger partial charge in [-0.25, -0.2) is 0 Å². The molecule has 2 aromatic carbocycles. The van der Waals surface area contributed by atoms with E-state index in [1.807, 2.05) is 49.4 Å². The number of nitrogens with one attached hydrogen (secondary N) is 1. The first-order valence-electron chi connectivity index (χ1n) is 5.99. The number of hydrogen-bond acceptors (Lipinski definition) is 1. The molecule has 100 valence electrons. The highest BCUT2D eigenvalue weighted by atomic mass is 35.5. The molecule has 0 saturated heterocycles. The Morgan fingerprint density at radius 2 is 1.63 bits per heavy atom. The summed E-state index contributed by atoms with van der Waals surface area (Å²) in [6.07, 6.45) is 0. The molecule has 0 radical (unpaired) electrons. The Morgan fingerprint density at radius 1 is 1.00 bits per heavy atom. The second-order valence-corrected chi connectivity index (χ2v) is 5.73. The first kappa shape index (κ1) is 14.5. The molecule has 1 unspecified atom stereocenters. The van der Waals surface area contributed by atoms with Crippen LogP contribution in [0.4, 0.5) is 5.69 Å². The van der Waals surface area contributed by atoms with Crippen LogP contribution in [0.3, 0.4) is 0 Å². The lowest BCUT2D eigenvalue weighted by Crippen LogP contribution is -2.03. The molecule has 0 saturated carbocycles. The molecule has 19 heavy (non-hydrogen) atoms. The number of para-hydroxylation sites is 1. The molecule has 2 rings (SSSR count). The summed E-state index contributed by atoms with van der Waals surface area (Å²) in [4.78, 5) is 0. The number of rotatable bonds is 4. The van der Waals surface area contributed by atoms with Crippen LogP contribution in [0.15, 0.2) is 42.5 Å². The van der Waals surface area contributed by atoms with E-state index in [0.29, 0.717) is 16.6 Å². The van der Waals surface area contributed by atoms with Crippen molar-refractivity contribution < 1.29 is 0 Å². The number of anilines is 1. The summed E-state index contributed by atoms with van der Waals surface area (Å²) in [5, 5.41) is 4.62. The van der Waals surface area contributed by atoms with Gasteiger partial charge in [-0.1, -0.05) is 47.5 Å². The van der Waals surface area contributed by atoms with Crippen molar-refractivity contribution in [3.63, 3.8) is 0 Å². The van der Waals surface area contributed by atoms with E-state index in [1.54, 1.807) is 0 Å². The van der Waals surface area contributed by atoms with Gasteiger partial charge in [0.25, 0.3) is 0 Å². The van der Waals surface area contributed by atoms with E-state index in [-0.39, 0.29) is 5.38 Å². The van der Waals surface area contributed by atoms with Gasteiger partial charge < -0.3 is 5.32 Å². The van der Waals surface area contributed by atoms with E-state index >= 15 is 0 Å². The van der Waals surface area contributed by atoms with Gasteiger partial charge in [0.15, 0.2) is 0 Å². The van der Waals surface area contributed by atoms with Gasteiger partial charge in [0, 0.05) is 27.8 Å². The van der Waals surface area contributed by atoms with E-state index in [4.69, 9.17) is 34.8 Å². The molecule has 0 aromatic heterocycles. The van der Waals surface area contributed by atoms with E-state index < -0.39 is 0 Å². The third-order valence-corrected chi connectivity index (χ3v) is 3.85. The van der Waals surface area contributed by atoms with Crippen LogP contribution in [0.2, 0.25) is 10.0 Å². The highest BCUT2D eigenvalue weighted by molar-refractivity contribution is 6.36. The van der Waals surface area contributed by atoms with E-state index in [2.05, 4.69) is 5.32 Å². The minimum Gasteiger partial charge on any atom is -0.381 e. The summed E-state index contributed by atoms with van der Waals surface area (Å²) >= 11 is 18.5. The largest absolute Gasteiger partial charge is 0.381 e. The fraction of sp³-hybridized carbons (Fsp3) is 0.200. The quantitative estimate of drug-likeness (QED) is 0.692. The third-order valence-electron chi connectivity index (χ3n) is 2.91. The SMILES string of the molecule is CC(Cl)c1ccccc1NCc1c(Cl)cccc1Cl. The van der Waals surface area contributed by atoms with Crippen LogP contribution in [0, 0.1) is 0 Å². The number of alkyl halides is 1. The highest BCUT2D eigenvalue weighted by Gasteiger charge is 2.09. The fourth-order valence-corrected chi connectivity index (χ4v) is 2.61. The Kier molecular flexibility index (Phi) is 4.98. The maximum Gasteiger partial charge on any atom is 0.0577 e. The number of benzene rings is 2. The second-order valence-electron chi connectivity index (χ2n) is 4.26. The fourth-order valence-electron chi connectivity index (χ4n) is 1.89. The van der Waals surface area contributed by atoms with Crippen LogP contribution >= 0.6 is 34.8 Å². The molecule has 0 spiro atoms. The number of halogens is 3. The first-order chi connectivity index (χ1) is 9.09. The Morgan fingerprint density at radius 3 is 2.26 bits per heavy atom. The molecule has 0 aliphatic heterocycles. The predicted molar refractivity (Wildman–Crippen MR) is 84.5 cm³/mol. The molecule has 0 aliphatic rings. The molecular formula is C15H14Cl3N. The maximum atomic E-state index is 6.16. The van der Waals surface area contributed by atoms with Crippen LogP contribution in [0.1, 0.15) is 23.4 Å². The molecule has 0 aliphatic carbocycles. The third kappa shape index (κ3) is 3.56. The smallest absolute Gasteiger partial charge is 0.0577 e. The highest BCUT2D eigenvalue weighted by Crippen LogP contribution is 2.29. The van der Waals surface area contributed by atoms with Crippen molar-refractivity contribution in [2.75, 3.05) is 5.32 Å². The minimum absolute atomic E-state index is 0.0505. The Hall–Kier alpha value is -0.890.